The SMILES string of the molecule is Cc1ccc(C(C)C)cc1O[C@H](C)C(=O)N1CCNC(=O)C1. The fourth-order valence-corrected chi connectivity index (χ4v) is 2.43. The Morgan fingerprint density at radius 2 is 2.05 bits per heavy atom. The maximum Gasteiger partial charge on any atom is 0.263 e. The van der Waals surface area contributed by atoms with Gasteiger partial charge in [0.05, 0.1) is 6.54 Å². The lowest BCUT2D eigenvalue weighted by Gasteiger charge is -2.29. The van der Waals surface area contributed by atoms with E-state index in [1.54, 1.807) is 11.8 Å². The summed E-state index contributed by atoms with van der Waals surface area (Å²) in [6.07, 6.45) is -0.605. The third kappa shape index (κ3) is 3.78. The van der Waals surface area contributed by atoms with Crippen LogP contribution < -0.4 is 10.1 Å². The number of rotatable bonds is 4. The Hall–Kier alpha value is -2.04. The molecule has 0 spiro atoms. The quantitative estimate of drug-likeness (QED) is 0.923. The van der Waals surface area contributed by atoms with Crippen molar-refractivity contribution in [3.05, 3.63) is 29.3 Å². The third-order valence-electron chi connectivity index (χ3n) is 3.88. The molecule has 1 aliphatic heterocycles. The second-order valence-electron chi connectivity index (χ2n) is 6.05. The Labute approximate surface area is 131 Å². The Morgan fingerprint density at radius 1 is 1.32 bits per heavy atom. The monoisotopic (exact) mass is 304 g/mol. The van der Waals surface area contributed by atoms with Gasteiger partial charge in [0.15, 0.2) is 6.10 Å². The lowest BCUT2D eigenvalue weighted by molar-refractivity contribution is -0.143. The first-order valence-corrected chi connectivity index (χ1v) is 7.71. The molecule has 1 aromatic carbocycles. The van der Waals surface area contributed by atoms with Crippen LogP contribution >= 0.6 is 0 Å². The highest BCUT2D eigenvalue weighted by Gasteiger charge is 2.26. The van der Waals surface area contributed by atoms with Crippen molar-refractivity contribution in [3.63, 3.8) is 0 Å². The molecule has 2 rings (SSSR count). The van der Waals surface area contributed by atoms with Crippen LogP contribution in [0.5, 0.6) is 5.75 Å². The fraction of sp³-hybridized carbons (Fsp3) is 0.529. The Kier molecular flexibility index (Phi) is 5.06. The molecule has 1 fully saturated rings. The summed E-state index contributed by atoms with van der Waals surface area (Å²) in [7, 11) is 0. The molecule has 0 radical (unpaired) electrons. The second kappa shape index (κ2) is 6.81. The first-order valence-electron chi connectivity index (χ1n) is 7.71. The first kappa shape index (κ1) is 16.3. The minimum atomic E-state index is -0.605. The van der Waals surface area contributed by atoms with Gasteiger partial charge in [0.25, 0.3) is 5.91 Å². The van der Waals surface area contributed by atoms with E-state index in [1.165, 1.54) is 5.56 Å². The topological polar surface area (TPSA) is 58.6 Å². The molecule has 1 aliphatic rings. The summed E-state index contributed by atoms with van der Waals surface area (Å²) in [5.41, 5.74) is 2.18. The van der Waals surface area contributed by atoms with Gasteiger partial charge < -0.3 is 15.0 Å². The van der Waals surface area contributed by atoms with Crippen LogP contribution in [0.15, 0.2) is 18.2 Å². The minimum absolute atomic E-state index is 0.109. The molecule has 120 valence electrons. The molecule has 1 heterocycles. The highest BCUT2D eigenvalue weighted by molar-refractivity contribution is 5.88. The molecule has 1 aromatic rings. The van der Waals surface area contributed by atoms with Gasteiger partial charge in [-0.05, 0) is 37.0 Å². The smallest absolute Gasteiger partial charge is 0.263 e. The Bertz CT molecular complexity index is 569. The van der Waals surface area contributed by atoms with E-state index in [0.29, 0.717) is 19.0 Å². The molecule has 5 nitrogen and oxygen atoms in total. The van der Waals surface area contributed by atoms with Gasteiger partial charge >= 0.3 is 0 Å². The molecule has 0 unspecified atom stereocenters. The predicted octanol–water partition coefficient (Wildman–Crippen LogP) is 1.84. The molecule has 0 aromatic heterocycles. The van der Waals surface area contributed by atoms with Crippen molar-refractivity contribution in [2.45, 2.75) is 39.7 Å². The number of nitrogens with one attached hydrogen (secondary N) is 1. The average molecular weight is 304 g/mol. The molecular formula is C17H24N2O3. The predicted molar refractivity (Wildman–Crippen MR) is 84.9 cm³/mol. The summed E-state index contributed by atoms with van der Waals surface area (Å²) >= 11 is 0. The van der Waals surface area contributed by atoms with Gasteiger partial charge in [-0.3, -0.25) is 9.59 Å². The Morgan fingerprint density at radius 3 is 2.68 bits per heavy atom. The molecule has 1 N–H and O–H groups in total. The molecule has 0 saturated carbocycles. The van der Waals surface area contributed by atoms with E-state index in [4.69, 9.17) is 4.74 Å². The van der Waals surface area contributed by atoms with Crippen LogP contribution in [0.25, 0.3) is 0 Å². The lowest BCUT2D eigenvalue weighted by atomic mass is 10.0. The van der Waals surface area contributed by atoms with Crippen LogP contribution in [0.1, 0.15) is 37.8 Å². The van der Waals surface area contributed by atoms with Gasteiger partial charge in [0.1, 0.15) is 5.75 Å². The van der Waals surface area contributed by atoms with Crippen molar-refractivity contribution >= 4 is 11.8 Å². The van der Waals surface area contributed by atoms with Gasteiger partial charge in [-0.25, -0.2) is 0 Å². The standard InChI is InChI=1S/C17H24N2O3/c1-11(2)14-6-5-12(3)15(9-14)22-13(4)17(21)19-8-7-18-16(20)10-19/h5-6,9,11,13H,7-8,10H2,1-4H3,(H,18,20)/t13-/m1/s1. The van der Waals surface area contributed by atoms with E-state index >= 15 is 0 Å². The van der Waals surface area contributed by atoms with E-state index in [1.807, 2.05) is 19.1 Å². The van der Waals surface area contributed by atoms with E-state index in [0.717, 1.165) is 11.3 Å². The molecule has 0 bridgehead atoms. The summed E-state index contributed by atoms with van der Waals surface area (Å²) in [4.78, 5) is 25.3. The van der Waals surface area contributed by atoms with Gasteiger partial charge in [-0.15, -0.1) is 0 Å². The van der Waals surface area contributed by atoms with Crippen LogP contribution in [0, 0.1) is 6.92 Å². The molecular weight excluding hydrogens is 280 g/mol. The van der Waals surface area contributed by atoms with Crippen LogP contribution in [-0.2, 0) is 9.59 Å². The first-order chi connectivity index (χ1) is 10.4. The molecule has 2 amide bonds. The number of aryl methyl sites for hydroxylation is 1. The number of benzene rings is 1. The zero-order chi connectivity index (χ0) is 16.3. The van der Waals surface area contributed by atoms with Gasteiger partial charge in [-0.2, -0.15) is 0 Å². The molecule has 1 saturated heterocycles. The highest BCUT2D eigenvalue weighted by atomic mass is 16.5. The summed E-state index contributed by atoms with van der Waals surface area (Å²) < 4.78 is 5.86. The van der Waals surface area contributed by atoms with Gasteiger partial charge in [-0.1, -0.05) is 26.0 Å². The number of carbonyl (C=O) groups excluding carboxylic acids is 2. The van der Waals surface area contributed by atoms with Crippen molar-refractivity contribution in [3.8, 4) is 5.75 Å². The largest absolute Gasteiger partial charge is 0.481 e. The van der Waals surface area contributed by atoms with E-state index in [-0.39, 0.29) is 18.4 Å². The molecule has 0 aliphatic carbocycles. The number of ether oxygens (including phenoxy) is 1. The van der Waals surface area contributed by atoms with E-state index < -0.39 is 6.10 Å². The molecule has 1 atom stereocenters. The molecule has 5 heteroatoms. The minimum Gasteiger partial charge on any atom is -0.481 e. The zero-order valence-corrected chi connectivity index (χ0v) is 13.7. The number of carbonyl (C=O) groups is 2. The maximum atomic E-state index is 12.4. The van der Waals surface area contributed by atoms with Gasteiger partial charge in [0, 0.05) is 13.1 Å². The van der Waals surface area contributed by atoms with Crippen molar-refractivity contribution in [1.82, 2.24) is 10.2 Å². The van der Waals surface area contributed by atoms with Crippen molar-refractivity contribution in [2.24, 2.45) is 0 Å². The van der Waals surface area contributed by atoms with E-state index in [9.17, 15) is 9.59 Å². The summed E-state index contributed by atoms with van der Waals surface area (Å²) in [6, 6.07) is 6.08. The highest BCUT2D eigenvalue weighted by Crippen LogP contribution is 2.25. The zero-order valence-electron chi connectivity index (χ0n) is 13.7. The van der Waals surface area contributed by atoms with E-state index in [2.05, 4.69) is 25.2 Å². The van der Waals surface area contributed by atoms with Gasteiger partial charge in [0.2, 0.25) is 5.91 Å². The number of amides is 2. The number of hydrogen-bond donors (Lipinski definition) is 1. The number of nitrogens with zero attached hydrogens (tertiary/aromatic N) is 1. The van der Waals surface area contributed by atoms with Crippen LogP contribution in [0.3, 0.4) is 0 Å². The normalized spacial score (nSPS) is 16.4. The van der Waals surface area contributed by atoms with Crippen molar-refractivity contribution < 1.29 is 14.3 Å². The summed E-state index contributed by atoms with van der Waals surface area (Å²) in [5.74, 6) is 0.863. The third-order valence-corrected chi connectivity index (χ3v) is 3.88. The number of hydrogen-bond acceptors (Lipinski definition) is 3. The van der Waals surface area contributed by atoms with Crippen LogP contribution in [0.4, 0.5) is 0 Å². The van der Waals surface area contributed by atoms with Crippen molar-refractivity contribution in [2.75, 3.05) is 19.6 Å². The summed E-state index contributed by atoms with van der Waals surface area (Å²) in [5, 5.41) is 2.71. The van der Waals surface area contributed by atoms with Crippen LogP contribution in [-0.4, -0.2) is 42.5 Å². The second-order valence-corrected chi connectivity index (χ2v) is 6.05. The van der Waals surface area contributed by atoms with Crippen molar-refractivity contribution in [1.29, 1.82) is 0 Å². The maximum absolute atomic E-state index is 12.4. The summed E-state index contributed by atoms with van der Waals surface area (Å²) in [6.45, 7) is 9.08. The lowest BCUT2D eigenvalue weighted by Crippen LogP contribution is -2.53. The van der Waals surface area contributed by atoms with Crippen LogP contribution in [0.2, 0.25) is 0 Å². The molecule has 22 heavy (non-hydrogen) atoms. The fourth-order valence-electron chi connectivity index (χ4n) is 2.43. The Balaban J connectivity index is 2.07. The number of piperazine rings is 1. The average Bonchev–Trinajstić information content (AvgIpc) is 2.48.